The molecule has 0 saturated carbocycles. The lowest BCUT2D eigenvalue weighted by Gasteiger charge is -2.17. The van der Waals surface area contributed by atoms with Crippen LogP contribution in [0.25, 0.3) is 0 Å². The number of hydrogen-bond acceptors (Lipinski definition) is 5. The average Bonchev–Trinajstić information content (AvgIpc) is 3.01. The molecule has 2 rings (SSSR count). The summed E-state index contributed by atoms with van der Waals surface area (Å²) >= 11 is 0. The lowest BCUT2D eigenvalue weighted by molar-refractivity contribution is -0.123. The molecule has 2 aromatic rings. The van der Waals surface area contributed by atoms with E-state index in [4.69, 9.17) is 4.42 Å². The van der Waals surface area contributed by atoms with Crippen molar-refractivity contribution in [3.8, 4) is 0 Å². The van der Waals surface area contributed by atoms with Gasteiger partial charge in [0, 0.05) is 0 Å². The van der Waals surface area contributed by atoms with Crippen LogP contribution in [-0.2, 0) is 4.79 Å². The Bertz CT molecular complexity index is 581. The van der Waals surface area contributed by atoms with E-state index in [1.165, 1.54) is 12.5 Å². The van der Waals surface area contributed by atoms with Crippen LogP contribution in [0.5, 0.6) is 0 Å². The maximum absolute atomic E-state index is 11.8. The van der Waals surface area contributed by atoms with Crippen molar-refractivity contribution in [2.45, 2.75) is 19.2 Å². The average molecular weight is 287 g/mol. The van der Waals surface area contributed by atoms with Crippen molar-refractivity contribution in [2.24, 2.45) is 5.10 Å². The van der Waals surface area contributed by atoms with Crippen molar-refractivity contribution in [3.63, 3.8) is 0 Å². The number of amides is 1. The van der Waals surface area contributed by atoms with E-state index in [0.717, 1.165) is 0 Å². The number of hydrogen-bond donors (Lipinski definition) is 3. The molecule has 2 atom stereocenters. The van der Waals surface area contributed by atoms with Crippen molar-refractivity contribution in [3.05, 3.63) is 60.1 Å². The Balaban J connectivity index is 1.82. The number of carbonyl (C=O) groups excluding carboxylic acids is 1. The van der Waals surface area contributed by atoms with E-state index in [1.54, 1.807) is 31.2 Å². The number of nitrogens with one attached hydrogen (secondary N) is 2. The number of aliphatic hydroxyl groups is 1. The molecule has 0 spiro atoms. The molecule has 0 aliphatic heterocycles. The fourth-order valence-corrected chi connectivity index (χ4v) is 1.67. The van der Waals surface area contributed by atoms with Gasteiger partial charge in [0.2, 0.25) is 0 Å². The Hall–Kier alpha value is -2.44. The van der Waals surface area contributed by atoms with Gasteiger partial charge in [0.05, 0.1) is 18.5 Å². The molecule has 6 nitrogen and oxygen atoms in total. The van der Waals surface area contributed by atoms with Crippen LogP contribution in [0, 0.1) is 0 Å². The normalized spacial score (nSPS) is 14.0. The van der Waals surface area contributed by atoms with E-state index < -0.39 is 12.3 Å². The summed E-state index contributed by atoms with van der Waals surface area (Å²) in [4.78, 5) is 11.8. The van der Waals surface area contributed by atoms with Gasteiger partial charge in [-0.2, -0.15) is 5.10 Å². The molecule has 21 heavy (non-hydrogen) atoms. The Morgan fingerprint density at radius 2 is 2.05 bits per heavy atom. The molecule has 0 aliphatic rings. The Labute approximate surface area is 122 Å². The highest BCUT2D eigenvalue weighted by Crippen LogP contribution is 2.09. The number of benzene rings is 1. The topological polar surface area (TPSA) is 86.9 Å². The standard InChI is InChI=1S/C15H17N3O3/c1-11(17-15(20)12-6-3-2-4-7-12)14(19)18-16-10-13-8-5-9-21-13/h2-11,15,17,20H,1H3,(H,18,19)/b16-10-/t11-,15-/m0/s1. The largest absolute Gasteiger partial charge is 0.463 e. The summed E-state index contributed by atoms with van der Waals surface area (Å²) in [6.45, 7) is 1.64. The highest BCUT2D eigenvalue weighted by Gasteiger charge is 2.16. The lowest BCUT2D eigenvalue weighted by atomic mass is 10.2. The molecular formula is C15H17N3O3. The lowest BCUT2D eigenvalue weighted by Crippen LogP contribution is -2.42. The Morgan fingerprint density at radius 1 is 1.29 bits per heavy atom. The summed E-state index contributed by atoms with van der Waals surface area (Å²) < 4.78 is 5.04. The van der Waals surface area contributed by atoms with Crippen LogP contribution in [0.2, 0.25) is 0 Å². The second kappa shape index (κ2) is 7.37. The fraction of sp³-hybridized carbons (Fsp3) is 0.200. The second-order valence-electron chi connectivity index (χ2n) is 4.45. The third kappa shape index (κ3) is 4.55. The van der Waals surface area contributed by atoms with Crippen molar-refractivity contribution in [2.75, 3.05) is 0 Å². The van der Waals surface area contributed by atoms with Crippen LogP contribution in [0.1, 0.15) is 24.5 Å². The molecule has 0 unspecified atom stereocenters. The Kier molecular flexibility index (Phi) is 5.25. The number of furan rings is 1. The maximum atomic E-state index is 11.8. The van der Waals surface area contributed by atoms with E-state index in [1.807, 2.05) is 18.2 Å². The molecule has 0 bridgehead atoms. The fourth-order valence-electron chi connectivity index (χ4n) is 1.67. The van der Waals surface area contributed by atoms with Crippen LogP contribution < -0.4 is 10.7 Å². The molecule has 1 amide bonds. The van der Waals surface area contributed by atoms with Crippen LogP contribution >= 0.6 is 0 Å². The summed E-state index contributed by atoms with van der Waals surface area (Å²) in [5.41, 5.74) is 3.07. The van der Waals surface area contributed by atoms with Gasteiger partial charge in [-0.3, -0.25) is 10.1 Å². The van der Waals surface area contributed by atoms with Gasteiger partial charge in [0.25, 0.3) is 5.91 Å². The highest BCUT2D eigenvalue weighted by molar-refractivity contribution is 5.83. The summed E-state index contributed by atoms with van der Waals surface area (Å²) in [6, 6.07) is 11.9. The Morgan fingerprint density at radius 3 is 2.71 bits per heavy atom. The number of rotatable bonds is 6. The van der Waals surface area contributed by atoms with Gasteiger partial charge in [-0.05, 0) is 24.6 Å². The van der Waals surface area contributed by atoms with Crippen molar-refractivity contribution < 1.29 is 14.3 Å². The zero-order chi connectivity index (χ0) is 15.1. The van der Waals surface area contributed by atoms with E-state index in [2.05, 4.69) is 15.8 Å². The highest BCUT2D eigenvalue weighted by atomic mass is 16.3. The van der Waals surface area contributed by atoms with Gasteiger partial charge in [-0.25, -0.2) is 5.43 Å². The first-order valence-electron chi connectivity index (χ1n) is 6.52. The van der Waals surface area contributed by atoms with Crippen LogP contribution in [0.15, 0.2) is 58.2 Å². The number of carbonyl (C=O) groups is 1. The van der Waals surface area contributed by atoms with Gasteiger partial charge in [0.15, 0.2) is 0 Å². The molecule has 0 saturated heterocycles. The minimum Gasteiger partial charge on any atom is -0.463 e. The van der Waals surface area contributed by atoms with Crippen molar-refractivity contribution >= 4 is 12.1 Å². The smallest absolute Gasteiger partial charge is 0.256 e. The molecular weight excluding hydrogens is 270 g/mol. The van der Waals surface area contributed by atoms with E-state index >= 15 is 0 Å². The predicted octanol–water partition coefficient (Wildman–Crippen LogP) is 1.40. The zero-order valence-electron chi connectivity index (χ0n) is 11.6. The van der Waals surface area contributed by atoms with E-state index in [0.29, 0.717) is 11.3 Å². The second-order valence-corrected chi connectivity index (χ2v) is 4.45. The molecule has 1 heterocycles. The number of nitrogens with zero attached hydrogens (tertiary/aromatic N) is 1. The van der Waals surface area contributed by atoms with Gasteiger partial charge in [-0.15, -0.1) is 0 Å². The third-order valence-corrected chi connectivity index (χ3v) is 2.83. The molecule has 6 heteroatoms. The van der Waals surface area contributed by atoms with Crippen molar-refractivity contribution in [1.29, 1.82) is 0 Å². The summed E-state index contributed by atoms with van der Waals surface area (Å²) in [5, 5.41) is 16.5. The molecule has 110 valence electrons. The summed E-state index contributed by atoms with van der Waals surface area (Å²) in [6.07, 6.45) is 2.00. The maximum Gasteiger partial charge on any atom is 0.256 e. The molecule has 1 aromatic heterocycles. The first-order valence-corrected chi connectivity index (χ1v) is 6.52. The predicted molar refractivity (Wildman–Crippen MR) is 78.4 cm³/mol. The third-order valence-electron chi connectivity index (χ3n) is 2.83. The zero-order valence-corrected chi connectivity index (χ0v) is 11.6. The van der Waals surface area contributed by atoms with Gasteiger partial charge in [0.1, 0.15) is 12.0 Å². The quantitative estimate of drug-likeness (QED) is 0.426. The van der Waals surface area contributed by atoms with Crippen LogP contribution in [0.3, 0.4) is 0 Å². The molecule has 3 N–H and O–H groups in total. The van der Waals surface area contributed by atoms with Crippen LogP contribution in [-0.4, -0.2) is 23.3 Å². The first-order chi connectivity index (χ1) is 10.2. The SMILES string of the molecule is C[C@H](N[C@@H](O)c1ccccc1)C(=O)N/N=C\c1ccco1. The summed E-state index contributed by atoms with van der Waals surface area (Å²) in [5.74, 6) is 0.188. The number of aliphatic hydroxyl groups excluding tert-OH is 1. The molecule has 0 aliphatic carbocycles. The molecule has 0 radical (unpaired) electrons. The van der Waals surface area contributed by atoms with Crippen LogP contribution in [0.4, 0.5) is 0 Å². The van der Waals surface area contributed by atoms with E-state index in [-0.39, 0.29) is 5.91 Å². The molecule has 0 fully saturated rings. The minimum absolute atomic E-state index is 0.354. The monoisotopic (exact) mass is 287 g/mol. The van der Waals surface area contributed by atoms with Gasteiger partial charge in [-0.1, -0.05) is 30.3 Å². The minimum atomic E-state index is -0.916. The molecule has 1 aromatic carbocycles. The van der Waals surface area contributed by atoms with Crippen molar-refractivity contribution in [1.82, 2.24) is 10.7 Å². The van der Waals surface area contributed by atoms with E-state index in [9.17, 15) is 9.90 Å². The van der Waals surface area contributed by atoms with Gasteiger partial charge >= 0.3 is 0 Å². The number of hydrazone groups is 1. The first kappa shape index (κ1) is 15.0. The summed E-state index contributed by atoms with van der Waals surface area (Å²) in [7, 11) is 0. The van der Waals surface area contributed by atoms with Gasteiger partial charge < -0.3 is 9.52 Å².